The van der Waals surface area contributed by atoms with Crippen LogP contribution in [0.15, 0.2) is 0 Å². The first-order valence-corrected chi connectivity index (χ1v) is 4.12. The van der Waals surface area contributed by atoms with Crippen LogP contribution in [0, 0.1) is 0 Å². The first-order chi connectivity index (χ1) is 5.14. The lowest BCUT2D eigenvalue weighted by molar-refractivity contribution is -0.122. The minimum atomic E-state index is -1.01. The van der Waals surface area contributed by atoms with E-state index in [0.717, 1.165) is 0 Å². The number of carbonyl (C=O) groups excluding carboxylic acids is 2. The monoisotopic (exact) mass is 194 g/mol. The quantitative estimate of drug-likeness (QED) is 0.322. The Morgan fingerprint density at radius 2 is 2.18 bits per heavy atom. The molecule has 0 saturated carbocycles. The topological polar surface area (TPSA) is 58.2 Å². The van der Waals surface area contributed by atoms with E-state index >= 15 is 0 Å². The van der Waals surface area contributed by atoms with Gasteiger partial charge in [-0.1, -0.05) is 0 Å². The third-order valence-electron chi connectivity index (χ3n) is 1.51. The zero-order valence-electron chi connectivity index (χ0n) is 5.56. The van der Waals surface area contributed by atoms with Crippen molar-refractivity contribution in [3.05, 3.63) is 0 Å². The lowest BCUT2D eigenvalue weighted by Crippen LogP contribution is -2.50. The summed E-state index contributed by atoms with van der Waals surface area (Å²) in [5.74, 6) is -0.171. The molecule has 1 atom stereocenters. The van der Waals surface area contributed by atoms with Crippen molar-refractivity contribution in [3.63, 3.8) is 0 Å². The Morgan fingerprint density at radius 3 is 2.36 bits per heavy atom. The Balaban J connectivity index is 2.84. The molecule has 0 bridgehead atoms. The summed E-state index contributed by atoms with van der Waals surface area (Å²) in [4.78, 5) is 21.7. The molecule has 62 valence electrons. The average Bonchev–Trinajstić information content (AvgIpc) is 2.27. The summed E-state index contributed by atoms with van der Waals surface area (Å²) in [5, 5.41) is 4.50. The minimum Gasteiger partial charge on any atom is -0.321 e. The van der Waals surface area contributed by atoms with Gasteiger partial charge in [0, 0.05) is 5.75 Å². The van der Waals surface area contributed by atoms with Crippen molar-refractivity contribution in [2.75, 3.05) is 11.6 Å². The number of imide groups is 1. The number of halogens is 1. The highest BCUT2D eigenvalue weighted by atomic mass is 35.5. The van der Waals surface area contributed by atoms with Crippen LogP contribution in [-0.2, 0) is 4.79 Å². The molecular formula is C5H7ClN2O2S. The third-order valence-corrected chi connectivity index (χ3v) is 2.51. The van der Waals surface area contributed by atoms with Gasteiger partial charge in [-0.3, -0.25) is 10.1 Å². The fourth-order valence-electron chi connectivity index (χ4n) is 0.776. The highest BCUT2D eigenvalue weighted by molar-refractivity contribution is 7.80. The Hall–Kier alpha value is -0.420. The number of hydrogen-bond acceptors (Lipinski definition) is 3. The standard InChI is InChI=1S/C5H7ClN2O2S/c6-1-5(2-11)3(9)7-4(10)8-5/h11H,1-2H2,(H2,7,8,9,10). The highest BCUT2D eigenvalue weighted by Crippen LogP contribution is 2.13. The second-order valence-electron chi connectivity index (χ2n) is 2.28. The van der Waals surface area contributed by atoms with Gasteiger partial charge in [-0.25, -0.2) is 4.79 Å². The van der Waals surface area contributed by atoms with Crippen LogP contribution in [0.1, 0.15) is 0 Å². The van der Waals surface area contributed by atoms with Gasteiger partial charge in [0.1, 0.15) is 5.54 Å². The molecule has 2 N–H and O–H groups in total. The third kappa shape index (κ3) is 1.30. The van der Waals surface area contributed by atoms with Crippen molar-refractivity contribution in [1.29, 1.82) is 0 Å². The molecule has 11 heavy (non-hydrogen) atoms. The number of thiol groups is 1. The van der Waals surface area contributed by atoms with Gasteiger partial charge in [0.2, 0.25) is 0 Å². The van der Waals surface area contributed by atoms with Gasteiger partial charge in [-0.05, 0) is 0 Å². The molecule has 0 aromatic carbocycles. The second kappa shape index (κ2) is 2.91. The van der Waals surface area contributed by atoms with Gasteiger partial charge in [-0.15, -0.1) is 11.6 Å². The first-order valence-electron chi connectivity index (χ1n) is 2.95. The van der Waals surface area contributed by atoms with Crippen molar-refractivity contribution in [2.45, 2.75) is 5.54 Å². The van der Waals surface area contributed by atoms with Gasteiger partial charge in [0.05, 0.1) is 5.88 Å². The number of carbonyl (C=O) groups is 2. The van der Waals surface area contributed by atoms with Crippen molar-refractivity contribution < 1.29 is 9.59 Å². The van der Waals surface area contributed by atoms with E-state index in [1.54, 1.807) is 0 Å². The maximum absolute atomic E-state index is 11.0. The summed E-state index contributed by atoms with van der Waals surface area (Å²) in [7, 11) is 0. The van der Waals surface area contributed by atoms with Crippen LogP contribution in [0.3, 0.4) is 0 Å². The largest absolute Gasteiger partial charge is 0.322 e. The van der Waals surface area contributed by atoms with Gasteiger partial charge in [0.15, 0.2) is 0 Å². The molecule has 1 aliphatic heterocycles. The van der Waals surface area contributed by atoms with Crippen molar-refractivity contribution in [2.24, 2.45) is 0 Å². The van der Waals surface area contributed by atoms with Crippen molar-refractivity contribution >= 4 is 36.2 Å². The molecule has 1 saturated heterocycles. The predicted octanol–water partition coefficient (Wildman–Crippen LogP) is -0.267. The SMILES string of the molecule is O=C1NC(=O)C(CS)(CCl)N1. The fourth-order valence-corrected chi connectivity index (χ4v) is 1.52. The van der Waals surface area contributed by atoms with E-state index in [1.807, 2.05) is 0 Å². The highest BCUT2D eigenvalue weighted by Gasteiger charge is 2.44. The molecular weight excluding hydrogens is 188 g/mol. The lowest BCUT2D eigenvalue weighted by atomic mass is 10.1. The normalized spacial score (nSPS) is 30.0. The molecule has 1 rings (SSSR count). The van der Waals surface area contributed by atoms with Crippen molar-refractivity contribution in [3.8, 4) is 0 Å². The fraction of sp³-hybridized carbons (Fsp3) is 0.600. The van der Waals surface area contributed by atoms with E-state index in [0.29, 0.717) is 0 Å². The van der Waals surface area contributed by atoms with Crippen LogP contribution in [0.5, 0.6) is 0 Å². The van der Waals surface area contributed by atoms with Gasteiger partial charge in [0.25, 0.3) is 5.91 Å². The van der Waals surface area contributed by atoms with Crippen LogP contribution >= 0.6 is 24.2 Å². The average molecular weight is 195 g/mol. The zero-order chi connectivity index (χ0) is 8.48. The molecule has 4 nitrogen and oxygen atoms in total. The molecule has 6 heteroatoms. The van der Waals surface area contributed by atoms with E-state index in [4.69, 9.17) is 11.6 Å². The maximum Gasteiger partial charge on any atom is 0.322 e. The van der Waals surface area contributed by atoms with Crippen molar-refractivity contribution in [1.82, 2.24) is 10.6 Å². The Bertz CT molecular complexity index is 205. The van der Waals surface area contributed by atoms with Crippen LogP contribution < -0.4 is 10.6 Å². The summed E-state index contributed by atoms with van der Waals surface area (Å²) in [6.45, 7) is 0. The van der Waals surface area contributed by atoms with E-state index in [-0.39, 0.29) is 11.6 Å². The van der Waals surface area contributed by atoms with Gasteiger partial charge >= 0.3 is 6.03 Å². The zero-order valence-corrected chi connectivity index (χ0v) is 7.21. The summed E-state index contributed by atoms with van der Waals surface area (Å²) >= 11 is 9.42. The van der Waals surface area contributed by atoms with Gasteiger partial charge in [-0.2, -0.15) is 12.6 Å². The summed E-state index contributed by atoms with van der Waals surface area (Å²) in [6, 6.07) is -0.510. The predicted molar refractivity (Wildman–Crippen MR) is 44.0 cm³/mol. The number of amides is 3. The Labute approximate surface area is 74.1 Å². The minimum absolute atomic E-state index is 0.0358. The van der Waals surface area contributed by atoms with Crippen LogP contribution in [-0.4, -0.2) is 29.1 Å². The molecule has 0 aromatic rings. The van der Waals surface area contributed by atoms with E-state index in [1.165, 1.54) is 0 Å². The van der Waals surface area contributed by atoms with Gasteiger partial charge < -0.3 is 5.32 Å². The van der Waals surface area contributed by atoms with Crippen LogP contribution in [0.25, 0.3) is 0 Å². The molecule has 1 unspecified atom stereocenters. The number of hydrogen-bond donors (Lipinski definition) is 3. The molecule has 0 aromatic heterocycles. The summed E-state index contributed by atoms with van der Waals surface area (Å²) < 4.78 is 0. The molecule has 1 fully saturated rings. The molecule has 1 heterocycles. The Morgan fingerprint density at radius 1 is 1.55 bits per heavy atom. The number of nitrogens with one attached hydrogen (secondary N) is 2. The molecule has 0 radical (unpaired) electrons. The number of rotatable bonds is 2. The van der Waals surface area contributed by atoms with Crippen LogP contribution in [0.4, 0.5) is 4.79 Å². The molecule has 0 aliphatic carbocycles. The summed E-state index contributed by atoms with van der Waals surface area (Å²) in [6.07, 6.45) is 0. The number of urea groups is 1. The maximum atomic E-state index is 11.0. The Kier molecular flexibility index (Phi) is 2.29. The van der Waals surface area contributed by atoms with Crippen LogP contribution in [0.2, 0.25) is 0 Å². The summed E-state index contributed by atoms with van der Waals surface area (Å²) in [5.41, 5.74) is -1.01. The van der Waals surface area contributed by atoms with E-state index in [2.05, 4.69) is 23.3 Å². The first kappa shape index (κ1) is 8.67. The lowest BCUT2D eigenvalue weighted by Gasteiger charge is -2.19. The van der Waals surface area contributed by atoms with E-state index < -0.39 is 17.5 Å². The molecule has 1 aliphatic rings. The molecule has 0 spiro atoms. The molecule has 3 amide bonds. The number of alkyl halides is 1. The smallest absolute Gasteiger partial charge is 0.321 e. The second-order valence-corrected chi connectivity index (χ2v) is 2.87. The van der Waals surface area contributed by atoms with E-state index in [9.17, 15) is 9.59 Å².